The van der Waals surface area contributed by atoms with E-state index in [0.717, 1.165) is 11.1 Å². The van der Waals surface area contributed by atoms with Crippen LogP contribution in [-0.2, 0) is 18.3 Å². The second-order valence-electron chi connectivity index (χ2n) is 9.64. The summed E-state index contributed by atoms with van der Waals surface area (Å²) in [5, 5.41) is 2.93. The third-order valence-corrected chi connectivity index (χ3v) is 8.53. The normalized spacial score (nSPS) is 13.3. The van der Waals surface area contributed by atoms with Crippen LogP contribution < -0.4 is 5.32 Å². The molecular formula is C30H36BrN2O5P. The first-order chi connectivity index (χ1) is 18.6. The first kappa shape index (κ1) is 30.8. The van der Waals surface area contributed by atoms with Crippen molar-refractivity contribution in [2.45, 2.75) is 52.0 Å². The van der Waals surface area contributed by atoms with Crippen molar-refractivity contribution in [2.75, 3.05) is 13.2 Å². The van der Waals surface area contributed by atoms with Gasteiger partial charge in [0.15, 0.2) is 5.78 Å². The van der Waals surface area contributed by atoms with Crippen molar-refractivity contribution in [3.63, 3.8) is 0 Å². The highest BCUT2D eigenvalue weighted by atomic mass is 79.9. The van der Waals surface area contributed by atoms with Crippen LogP contribution in [0.1, 0.15) is 57.4 Å². The number of nitrogens with one attached hydrogen (secondary N) is 1. The molecule has 0 aliphatic carbocycles. The number of amides is 1. The molecule has 3 aromatic carbocycles. The summed E-state index contributed by atoms with van der Waals surface area (Å²) in [7, 11) is -3.95. The number of hydrogen-bond acceptors (Lipinski definition) is 6. The lowest BCUT2D eigenvalue weighted by Gasteiger charge is -2.32. The molecule has 0 aliphatic rings. The van der Waals surface area contributed by atoms with Gasteiger partial charge in [-0.2, -0.15) is 0 Å². The molecular weight excluding hydrogens is 579 g/mol. The summed E-state index contributed by atoms with van der Waals surface area (Å²) in [6, 6.07) is 25.7. The highest BCUT2D eigenvalue weighted by molar-refractivity contribution is 9.10. The molecule has 0 aromatic heterocycles. The van der Waals surface area contributed by atoms with Crippen molar-refractivity contribution in [1.29, 1.82) is 0 Å². The van der Waals surface area contributed by atoms with E-state index < -0.39 is 31.1 Å². The lowest BCUT2D eigenvalue weighted by Crippen LogP contribution is -2.40. The summed E-state index contributed by atoms with van der Waals surface area (Å²) in [6.07, 6.45) is -0.677. The molecule has 3 rings (SSSR count). The Morgan fingerprint density at radius 1 is 0.872 bits per heavy atom. The first-order valence-corrected chi connectivity index (χ1v) is 15.3. The smallest absolute Gasteiger partial charge is 0.408 e. The van der Waals surface area contributed by atoms with E-state index in [2.05, 4.69) is 21.2 Å². The molecule has 0 spiro atoms. The minimum absolute atomic E-state index is 0.129. The fourth-order valence-electron chi connectivity index (χ4n) is 3.99. The van der Waals surface area contributed by atoms with Gasteiger partial charge in [-0.3, -0.25) is 9.56 Å². The van der Waals surface area contributed by atoms with Gasteiger partial charge in [0.2, 0.25) is 0 Å². The van der Waals surface area contributed by atoms with Gasteiger partial charge in [0.1, 0.15) is 5.60 Å². The van der Waals surface area contributed by atoms with Gasteiger partial charge in [0, 0.05) is 15.6 Å². The van der Waals surface area contributed by atoms with Gasteiger partial charge in [-0.25, -0.2) is 4.79 Å². The Bertz CT molecular complexity index is 1240. The molecule has 0 saturated carbocycles. The SMILES string of the molecule is CCOP(=O)(OCC)[C@@H](N=C(c1ccccc1)c1ccccc1)[C@H](NC(=O)OC(C)(C)C)c1ccccc1Br. The molecule has 0 bridgehead atoms. The summed E-state index contributed by atoms with van der Waals surface area (Å²) in [4.78, 5) is 18.3. The maximum Gasteiger partial charge on any atom is 0.408 e. The van der Waals surface area contributed by atoms with Crippen molar-refractivity contribution >= 4 is 35.3 Å². The van der Waals surface area contributed by atoms with Crippen LogP contribution >= 0.6 is 23.5 Å². The van der Waals surface area contributed by atoms with Crippen molar-refractivity contribution in [1.82, 2.24) is 5.32 Å². The highest BCUT2D eigenvalue weighted by Gasteiger charge is 2.44. The number of aliphatic imine (C=N–C) groups is 1. The molecule has 1 N–H and O–H groups in total. The molecule has 0 radical (unpaired) electrons. The zero-order chi connectivity index (χ0) is 28.5. The Hall–Kier alpha value is -2.77. The summed E-state index contributed by atoms with van der Waals surface area (Å²) in [5.74, 6) is -1.15. The van der Waals surface area contributed by atoms with Crippen molar-refractivity contribution in [3.8, 4) is 0 Å². The average molecular weight is 616 g/mol. The molecule has 0 saturated heterocycles. The quantitative estimate of drug-likeness (QED) is 0.174. The van der Waals surface area contributed by atoms with Crippen molar-refractivity contribution in [3.05, 3.63) is 106 Å². The van der Waals surface area contributed by atoms with Gasteiger partial charge >= 0.3 is 13.7 Å². The van der Waals surface area contributed by atoms with E-state index in [4.69, 9.17) is 18.8 Å². The molecule has 0 unspecified atom stereocenters. The van der Waals surface area contributed by atoms with Crippen LogP contribution in [0.25, 0.3) is 0 Å². The van der Waals surface area contributed by atoms with E-state index in [1.54, 1.807) is 34.6 Å². The summed E-state index contributed by atoms with van der Waals surface area (Å²) in [6.45, 7) is 9.10. The van der Waals surface area contributed by atoms with E-state index in [9.17, 15) is 9.36 Å². The Morgan fingerprint density at radius 3 is 1.82 bits per heavy atom. The zero-order valence-electron chi connectivity index (χ0n) is 23.0. The number of rotatable bonds is 11. The summed E-state index contributed by atoms with van der Waals surface area (Å²) >= 11 is 3.61. The van der Waals surface area contributed by atoms with Gasteiger partial charge < -0.3 is 19.1 Å². The number of carbonyl (C=O) groups excluding carboxylic acids is 1. The van der Waals surface area contributed by atoms with Crippen LogP contribution in [0.5, 0.6) is 0 Å². The second-order valence-corrected chi connectivity index (χ2v) is 12.6. The van der Waals surface area contributed by atoms with E-state index >= 15 is 0 Å². The number of nitrogens with zero attached hydrogens (tertiary/aromatic N) is 1. The van der Waals surface area contributed by atoms with Crippen molar-refractivity contribution in [2.24, 2.45) is 4.99 Å². The largest absolute Gasteiger partial charge is 0.444 e. The molecule has 1 amide bonds. The van der Waals surface area contributed by atoms with E-state index in [-0.39, 0.29) is 13.2 Å². The van der Waals surface area contributed by atoms with Crippen LogP contribution in [0, 0.1) is 0 Å². The molecule has 0 aliphatic heterocycles. The maximum absolute atomic E-state index is 14.5. The number of carbonyl (C=O) groups is 1. The predicted octanol–water partition coefficient (Wildman–Crippen LogP) is 8.14. The first-order valence-electron chi connectivity index (χ1n) is 12.9. The third-order valence-electron chi connectivity index (χ3n) is 5.51. The molecule has 208 valence electrons. The van der Waals surface area contributed by atoms with Gasteiger partial charge in [0.05, 0.1) is 25.0 Å². The molecule has 2 atom stereocenters. The van der Waals surface area contributed by atoms with Crippen LogP contribution in [0.3, 0.4) is 0 Å². The predicted molar refractivity (Wildman–Crippen MR) is 159 cm³/mol. The fourth-order valence-corrected chi connectivity index (χ4v) is 6.48. The van der Waals surface area contributed by atoms with Crippen LogP contribution in [0.15, 0.2) is 94.4 Å². The summed E-state index contributed by atoms with van der Waals surface area (Å²) < 4.78 is 32.5. The van der Waals surface area contributed by atoms with E-state index in [0.29, 0.717) is 15.7 Å². The minimum atomic E-state index is -3.95. The van der Waals surface area contributed by atoms with Gasteiger partial charge in [-0.15, -0.1) is 0 Å². The number of ether oxygens (including phenoxy) is 1. The molecule has 3 aromatic rings. The average Bonchev–Trinajstić information content (AvgIpc) is 2.89. The molecule has 0 heterocycles. The van der Waals surface area contributed by atoms with Gasteiger partial charge in [-0.05, 0) is 46.2 Å². The Balaban J connectivity index is 2.32. The van der Waals surface area contributed by atoms with Gasteiger partial charge in [-0.1, -0.05) is 94.8 Å². The van der Waals surface area contributed by atoms with E-state index in [1.807, 2.05) is 84.9 Å². The topological polar surface area (TPSA) is 86.2 Å². The number of hydrogen-bond donors (Lipinski definition) is 1. The Kier molecular flexibility index (Phi) is 11.1. The standard InChI is InChI=1S/C30H36BrN2O5P/c1-6-36-39(35,37-7-2)28(32-26(22-16-10-8-11-17-22)23-18-12-9-13-19-23)27(24-20-14-15-21-25(24)31)33-29(34)38-30(3,4)5/h8-21,27-28H,6-7H2,1-5H3,(H,33,34)/t27-,28-/m1/s1. The second kappa shape index (κ2) is 14.0. The molecule has 9 heteroatoms. The van der Waals surface area contributed by atoms with Crippen LogP contribution in [0.4, 0.5) is 4.79 Å². The summed E-state index contributed by atoms with van der Waals surface area (Å²) in [5.41, 5.74) is 2.12. The third kappa shape index (κ3) is 8.61. The van der Waals surface area contributed by atoms with E-state index in [1.165, 1.54) is 0 Å². The van der Waals surface area contributed by atoms with Crippen LogP contribution in [-0.4, -0.2) is 36.4 Å². The number of benzene rings is 3. The molecule has 0 fully saturated rings. The fraction of sp³-hybridized carbons (Fsp3) is 0.333. The Labute approximate surface area is 239 Å². The molecule has 39 heavy (non-hydrogen) atoms. The van der Waals surface area contributed by atoms with Crippen LogP contribution in [0.2, 0.25) is 0 Å². The minimum Gasteiger partial charge on any atom is -0.444 e. The lowest BCUT2D eigenvalue weighted by atomic mass is 10.0. The van der Waals surface area contributed by atoms with Gasteiger partial charge in [0.25, 0.3) is 0 Å². The Morgan fingerprint density at radius 2 is 1.36 bits per heavy atom. The number of alkyl carbamates (subject to hydrolysis) is 1. The monoisotopic (exact) mass is 614 g/mol. The number of halogens is 1. The lowest BCUT2D eigenvalue weighted by molar-refractivity contribution is 0.0499. The zero-order valence-corrected chi connectivity index (χ0v) is 25.4. The highest BCUT2D eigenvalue weighted by Crippen LogP contribution is 2.58. The molecule has 7 nitrogen and oxygen atoms in total. The van der Waals surface area contributed by atoms with Crippen molar-refractivity contribution < 1.29 is 23.1 Å². The maximum atomic E-state index is 14.5.